The van der Waals surface area contributed by atoms with Gasteiger partial charge in [-0.1, -0.05) is 0 Å². The molecule has 1 aromatic heterocycles. The fraction of sp³-hybridized carbons (Fsp3) is 0.556. The Morgan fingerprint density at radius 1 is 1.41 bits per heavy atom. The van der Waals surface area contributed by atoms with Crippen LogP contribution in [0.15, 0.2) is 15.8 Å². The first kappa shape index (κ1) is 12.0. The maximum atomic E-state index is 13.0. The lowest BCUT2D eigenvalue weighted by atomic mass is 10.1. The van der Waals surface area contributed by atoms with Gasteiger partial charge in [0.1, 0.15) is 12.2 Å². The van der Waals surface area contributed by atoms with Gasteiger partial charge in [-0.3, -0.25) is 14.3 Å². The molecule has 1 aromatic rings. The third-order valence-corrected chi connectivity index (χ3v) is 2.68. The second kappa shape index (κ2) is 4.06. The Bertz CT molecular complexity index is 539. The molecular weight excluding hydrogens is 235 g/mol. The van der Waals surface area contributed by atoms with Crippen molar-refractivity contribution in [2.45, 2.75) is 31.5 Å². The van der Waals surface area contributed by atoms with Crippen LogP contribution in [0, 0.1) is 5.82 Å². The normalized spacial score (nSPS) is 32.9. The predicted molar refractivity (Wildman–Crippen MR) is 52.9 cm³/mol. The number of aromatic amines is 1. The van der Waals surface area contributed by atoms with Crippen molar-refractivity contribution in [2.75, 3.05) is 0 Å². The smallest absolute Gasteiger partial charge is 0.330 e. The summed E-state index contributed by atoms with van der Waals surface area (Å²) in [4.78, 5) is 24.0. The Kier molecular flexibility index (Phi) is 2.86. The average molecular weight is 246 g/mol. The number of halogens is 1. The number of hydrogen-bond donors (Lipinski definition) is 3. The Morgan fingerprint density at radius 3 is 2.59 bits per heavy atom. The van der Waals surface area contributed by atoms with Gasteiger partial charge in [-0.25, -0.2) is 4.79 Å². The lowest BCUT2D eigenvalue weighted by molar-refractivity contribution is -0.0356. The summed E-state index contributed by atoms with van der Waals surface area (Å²) < 4.78 is 18.9. The number of aliphatic hydroxyl groups excluding tert-OH is 2. The molecule has 0 amide bonds. The van der Waals surface area contributed by atoms with E-state index in [0.29, 0.717) is 10.8 Å². The van der Waals surface area contributed by atoms with Crippen molar-refractivity contribution in [2.24, 2.45) is 0 Å². The molecule has 1 aliphatic rings. The van der Waals surface area contributed by atoms with Crippen molar-refractivity contribution >= 4 is 0 Å². The van der Waals surface area contributed by atoms with Gasteiger partial charge in [0.05, 0.1) is 12.3 Å². The van der Waals surface area contributed by atoms with Crippen LogP contribution in [0.4, 0.5) is 4.39 Å². The van der Waals surface area contributed by atoms with E-state index in [-0.39, 0.29) is 0 Å². The van der Waals surface area contributed by atoms with E-state index in [1.54, 1.807) is 4.98 Å². The van der Waals surface area contributed by atoms with Gasteiger partial charge < -0.3 is 14.9 Å². The Morgan fingerprint density at radius 2 is 2.06 bits per heavy atom. The summed E-state index contributed by atoms with van der Waals surface area (Å²) in [6.45, 7) is 1.50. The molecule has 94 valence electrons. The first-order valence-corrected chi connectivity index (χ1v) is 4.94. The van der Waals surface area contributed by atoms with E-state index in [1.807, 2.05) is 0 Å². The van der Waals surface area contributed by atoms with Crippen LogP contribution in [0.2, 0.25) is 0 Å². The summed E-state index contributed by atoms with van der Waals surface area (Å²) in [6, 6.07) is 0. The number of aliphatic hydroxyl groups is 2. The number of ether oxygens (including phenoxy) is 1. The maximum Gasteiger partial charge on any atom is 0.330 e. The highest BCUT2D eigenvalue weighted by Gasteiger charge is 2.41. The third kappa shape index (κ3) is 1.90. The molecule has 7 nitrogen and oxygen atoms in total. The Hall–Kier alpha value is -1.51. The van der Waals surface area contributed by atoms with Crippen molar-refractivity contribution in [3.8, 4) is 0 Å². The molecule has 8 heteroatoms. The fourth-order valence-corrected chi connectivity index (χ4v) is 1.71. The van der Waals surface area contributed by atoms with E-state index in [1.165, 1.54) is 6.92 Å². The molecule has 3 N–H and O–H groups in total. The second-order valence-electron chi connectivity index (χ2n) is 3.86. The van der Waals surface area contributed by atoms with Crippen LogP contribution in [-0.2, 0) is 4.74 Å². The summed E-state index contributed by atoms with van der Waals surface area (Å²) in [6.07, 6.45) is -3.83. The van der Waals surface area contributed by atoms with Gasteiger partial charge >= 0.3 is 5.69 Å². The Labute approximate surface area is 94.1 Å². The SMILES string of the molecule is C[C@@H]1O[C@H](n2cc(F)c(=O)[nH]c2=O)C(O)[C@@H]1O. The van der Waals surface area contributed by atoms with E-state index in [4.69, 9.17) is 4.74 Å². The van der Waals surface area contributed by atoms with Gasteiger partial charge in [-0.15, -0.1) is 0 Å². The van der Waals surface area contributed by atoms with Crippen LogP contribution in [0.3, 0.4) is 0 Å². The summed E-state index contributed by atoms with van der Waals surface area (Å²) in [5.41, 5.74) is -2.06. The number of H-pyrrole nitrogens is 1. The minimum atomic E-state index is -1.37. The van der Waals surface area contributed by atoms with E-state index < -0.39 is 41.6 Å². The molecule has 2 heterocycles. The molecule has 1 unspecified atom stereocenters. The van der Waals surface area contributed by atoms with Crippen LogP contribution < -0.4 is 11.2 Å². The number of hydrogen-bond acceptors (Lipinski definition) is 5. The number of aromatic nitrogens is 2. The number of rotatable bonds is 1. The Balaban J connectivity index is 2.46. The molecule has 0 spiro atoms. The minimum absolute atomic E-state index is 0.639. The van der Waals surface area contributed by atoms with Crippen LogP contribution in [0.5, 0.6) is 0 Å². The van der Waals surface area contributed by atoms with Gasteiger partial charge in [-0.2, -0.15) is 4.39 Å². The van der Waals surface area contributed by atoms with E-state index in [9.17, 15) is 24.2 Å². The van der Waals surface area contributed by atoms with Gasteiger partial charge in [0.2, 0.25) is 5.82 Å². The van der Waals surface area contributed by atoms with Gasteiger partial charge in [-0.05, 0) is 6.92 Å². The second-order valence-corrected chi connectivity index (χ2v) is 3.86. The van der Waals surface area contributed by atoms with Gasteiger partial charge in [0.25, 0.3) is 5.56 Å². The highest BCUT2D eigenvalue weighted by Crippen LogP contribution is 2.27. The molecule has 0 saturated carbocycles. The fourth-order valence-electron chi connectivity index (χ4n) is 1.71. The van der Waals surface area contributed by atoms with E-state index >= 15 is 0 Å². The molecule has 0 aromatic carbocycles. The van der Waals surface area contributed by atoms with Crippen LogP contribution in [0.25, 0.3) is 0 Å². The largest absolute Gasteiger partial charge is 0.388 e. The summed E-state index contributed by atoms with van der Waals surface area (Å²) in [5, 5.41) is 19.1. The zero-order chi connectivity index (χ0) is 12.7. The van der Waals surface area contributed by atoms with Crippen molar-refractivity contribution in [1.82, 2.24) is 9.55 Å². The summed E-state index contributed by atoms with van der Waals surface area (Å²) in [5.74, 6) is -1.17. The van der Waals surface area contributed by atoms with Crippen molar-refractivity contribution < 1.29 is 19.3 Å². The molecule has 1 saturated heterocycles. The zero-order valence-corrected chi connectivity index (χ0v) is 8.83. The van der Waals surface area contributed by atoms with E-state index in [2.05, 4.69) is 0 Å². The first-order valence-electron chi connectivity index (χ1n) is 4.94. The molecule has 1 fully saturated rings. The summed E-state index contributed by atoms with van der Waals surface area (Å²) >= 11 is 0. The molecule has 0 aliphatic carbocycles. The molecule has 4 atom stereocenters. The van der Waals surface area contributed by atoms with Crippen LogP contribution >= 0.6 is 0 Å². The van der Waals surface area contributed by atoms with Gasteiger partial charge in [0, 0.05) is 0 Å². The quantitative estimate of drug-likeness (QED) is 0.548. The third-order valence-electron chi connectivity index (χ3n) is 2.68. The van der Waals surface area contributed by atoms with Crippen LogP contribution in [0.1, 0.15) is 13.2 Å². The van der Waals surface area contributed by atoms with Crippen LogP contribution in [-0.4, -0.2) is 38.1 Å². The topological polar surface area (TPSA) is 105 Å². The molecule has 2 rings (SSSR count). The number of nitrogens with one attached hydrogen (secondary N) is 1. The molecule has 1 aliphatic heterocycles. The molecule has 17 heavy (non-hydrogen) atoms. The minimum Gasteiger partial charge on any atom is -0.388 e. The first-order chi connectivity index (χ1) is 7.91. The monoisotopic (exact) mass is 246 g/mol. The lowest BCUT2D eigenvalue weighted by Crippen LogP contribution is -2.38. The average Bonchev–Trinajstić information content (AvgIpc) is 2.51. The highest BCUT2D eigenvalue weighted by atomic mass is 19.1. The molecule has 0 bridgehead atoms. The van der Waals surface area contributed by atoms with Crippen molar-refractivity contribution in [3.63, 3.8) is 0 Å². The predicted octanol–water partition coefficient (Wildman–Crippen LogP) is -1.69. The van der Waals surface area contributed by atoms with Crippen molar-refractivity contribution in [1.29, 1.82) is 0 Å². The summed E-state index contributed by atoms with van der Waals surface area (Å²) in [7, 11) is 0. The van der Waals surface area contributed by atoms with E-state index in [0.717, 1.165) is 0 Å². The zero-order valence-electron chi connectivity index (χ0n) is 8.83. The van der Waals surface area contributed by atoms with Crippen molar-refractivity contribution in [3.05, 3.63) is 32.9 Å². The lowest BCUT2D eigenvalue weighted by Gasteiger charge is -2.16. The maximum absolute atomic E-state index is 13.0. The molecule has 0 radical (unpaired) electrons. The highest BCUT2D eigenvalue weighted by molar-refractivity contribution is 4.93. The van der Waals surface area contributed by atoms with Gasteiger partial charge in [0.15, 0.2) is 6.23 Å². The molecular formula is C9H11FN2O5. The number of nitrogens with zero attached hydrogens (tertiary/aromatic N) is 1. The standard InChI is InChI=1S/C9H11FN2O5/c1-3-5(13)6(14)8(17-3)12-2-4(10)7(15)11-9(12)16/h2-3,5-6,8,13-14H,1H3,(H,11,15,16)/t3-,5+,6?,8-/m0/s1.